The fraction of sp³-hybridized carbons (Fsp3) is 0.481. The molecule has 1 unspecified atom stereocenters. The van der Waals surface area contributed by atoms with E-state index in [0.717, 1.165) is 11.1 Å². The van der Waals surface area contributed by atoms with Crippen molar-refractivity contribution in [1.82, 2.24) is 4.90 Å². The van der Waals surface area contributed by atoms with Crippen LogP contribution in [-0.2, 0) is 22.5 Å². The van der Waals surface area contributed by atoms with Crippen LogP contribution in [0.3, 0.4) is 0 Å². The SMILES string of the molecule is COc1cc(CN(C(N)=S)C(COC(=O)C(C)(C)C)Cc2ccc(C)c(C)c2)ccc1OCCN. The van der Waals surface area contributed by atoms with Crippen molar-refractivity contribution in [3.05, 3.63) is 58.7 Å². The van der Waals surface area contributed by atoms with Gasteiger partial charge in [0.15, 0.2) is 16.6 Å². The highest BCUT2D eigenvalue weighted by molar-refractivity contribution is 7.80. The molecule has 4 N–H and O–H groups in total. The van der Waals surface area contributed by atoms with Gasteiger partial charge in [0.1, 0.15) is 13.2 Å². The Morgan fingerprint density at radius 3 is 2.31 bits per heavy atom. The minimum Gasteiger partial charge on any atom is -0.493 e. The Bertz CT molecular complexity index is 1020. The molecule has 0 saturated carbocycles. The van der Waals surface area contributed by atoms with Gasteiger partial charge in [-0.15, -0.1) is 0 Å². The van der Waals surface area contributed by atoms with Crippen molar-refractivity contribution in [2.24, 2.45) is 16.9 Å². The molecule has 2 aromatic carbocycles. The van der Waals surface area contributed by atoms with E-state index in [9.17, 15) is 4.79 Å². The summed E-state index contributed by atoms with van der Waals surface area (Å²) in [4.78, 5) is 14.4. The Morgan fingerprint density at radius 1 is 1.06 bits per heavy atom. The van der Waals surface area contributed by atoms with E-state index in [4.69, 9.17) is 37.9 Å². The van der Waals surface area contributed by atoms with Gasteiger partial charge in [-0.25, -0.2) is 0 Å². The van der Waals surface area contributed by atoms with Crippen molar-refractivity contribution in [1.29, 1.82) is 0 Å². The van der Waals surface area contributed by atoms with Crippen LogP contribution < -0.4 is 20.9 Å². The molecule has 0 aliphatic rings. The number of aryl methyl sites for hydroxylation is 2. The number of methoxy groups -OCH3 is 1. The Balaban J connectivity index is 2.34. The first-order chi connectivity index (χ1) is 16.5. The van der Waals surface area contributed by atoms with Gasteiger partial charge in [-0.05, 0) is 87.6 Å². The fourth-order valence-electron chi connectivity index (χ4n) is 3.53. The van der Waals surface area contributed by atoms with Crippen LogP contribution >= 0.6 is 12.2 Å². The van der Waals surface area contributed by atoms with E-state index in [1.54, 1.807) is 7.11 Å². The number of hydrogen-bond acceptors (Lipinski definition) is 6. The Kier molecular flexibility index (Phi) is 10.3. The van der Waals surface area contributed by atoms with Gasteiger partial charge in [0.25, 0.3) is 0 Å². The van der Waals surface area contributed by atoms with Crippen molar-refractivity contribution in [3.63, 3.8) is 0 Å². The lowest BCUT2D eigenvalue weighted by atomic mass is 9.97. The van der Waals surface area contributed by atoms with E-state index in [1.807, 2.05) is 43.9 Å². The summed E-state index contributed by atoms with van der Waals surface area (Å²) in [5.41, 5.74) is 15.6. The number of rotatable bonds is 11. The lowest BCUT2D eigenvalue weighted by molar-refractivity contribution is -0.154. The molecule has 0 spiro atoms. The molecule has 8 heteroatoms. The molecule has 2 rings (SSSR count). The number of carbonyl (C=O) groups excluding carboxylic acids is 1. The van der Waals surface area contributed by atoms with E-state index in [0.29, 0.717) is 37.6 Å². The summed E-state index contributed by atoms with van der Waals surface area (Å²) in [6, 6.07) is 11.8. The second-order valence-electron chi connectivity index (χ2n) is 9.71. The third kappa shape index (κ3) is 8.40. The summed E-state index contributed by atoms with van der Waals surface area (Å²) < 4.78 is 16.9. The number of nitrogens with zero attached hydrogens (tertiary/aromatic N) is 1. The molecule has 192 valence electrons. The number of ether oxygens (including phenoxy) is 3. The van der Waals surface area contributed by atoms with Gasteiger partial charge in [0.05, 0.1) is 18.6 Å². The summed E-state index contributed by atoms with van der Waals surface area (Å²) in [6.07, 6.45) is 0.616. The van der Waals surface area contributed by atoms with Gasteiger partial charge in [0, 0.05) is 13.1 Å². The monoisotopic (exact) mass is 501 g/mol. The first kappa shape index (κ1) is 28.4. The van der Waals surface area contributed by atoms with Gasteiger partial charge in [-0.1, -0.05) is 24.3 Å². The molecule has 0 fully saturated rings. The average molecular weight is 502 g/mol. The molecule has 0 amide bonds. The molecule has 1 atom stereocenters. The van der Waals surface area contributed by atoms with Gasteiger partial charge >= 0.3 is 5.97 Å². The average Bonchev–Trinajstić information content (AvgIpc) is 2.80. The smallest absolute Gasteiger partial charge is 0.311 e. The molecule has 0 heterocycles. The highest BCUT2D eigenvalue weighted by atomic mass is 32.1. The van der Waals surface area contributed by atoms with Gasteiger partial charge in [-0.3, -0.25) is 4.79 Å². The lowest BCUT2D eigenvalue weighted by Crippen LogP contribution is -2.47. The van der Waals surface area contributed by atoms with E-state index >= 15 is 0 Å². The first-order valence-corrected chi connectivity index (χ1v) is 12.2. The quantitative estimate of drug-likeness (QED) is 0.353. The molecule has 0 radical (unpaired) electrons. The van der Waals surface area contributed by atoms with Crippen molar-refractivity contribution in [3.8, 4) is 11.5 Å². The first-order valence-electron chi connectivity index (χ1n) is 11.8. The van der Waals surface area contributed by atoms with E-state index in [2.05, 4.69) is 32.0 Å². The molecule has 0 aliphatic carbocycles. The fourth-order valence-corrected chi connectivity index (χ4v) is 3.75. The topological polar surface area (TPSA) is 100 Å². The third-order valence-corrected chi connectivity index (χ3v) is 5.98. The maximum Gasteiger partial charge on any atom is 0.311 e. The van der Waals surface area contributed by atoms with Gasteiger partial charge < -0.3 is 30.6 Å². The molecule has 2 aromatic rings. The zero-order valence-electron chi connectivity index (χ0n) is 21.7. The zero-order chi connectivity index (χ0) is 26.2. The molecule has 35 heavy (non-hydrogen) atoms. The standard InChI is InChI=1S/C27H39N3O4S/c1-18-7-8-20(13-19(18)2)14-22(17-34-25(31)27(3,4)5)30(26(29)35)16-21-9-10-23(33-12-11-28)24(15-21)32-6/h7-10,13,15,22H,11-12,14,16-17,28H2,1-6H3,(H2,29,35). The predicted molar refractivity (Wildman–Crippen MR) is 144 cm³/mol. The maximum atomic E-state index is 12.5. The number of benzene rings is 2. The highest BCUT2D eigenvalue weighted by Crippen LogP contribution is 2.29. The van der Waals surface area contributed by atoms with Crippen LogP contribution in [0.4, 0.5) is 0 Å². The van der Waals surface area contributed by atoms with Crippen molar-refractivity contribution < 1.29 is 19.0 Å². The minimum absolute atomic E-state index is 0.162. The van der Waals surface area contributed by atoms with E-state index < -0.39 is 5.41 Å². The van der Waals surface area contributed by atoms with Gasteiger partial charge in [0.2, 0.25) is 0 Å². The van der Waals surface area contributed by atoms with Crippen LogP contribution in [0, 0.1) is 19.3 Å². The number of hydrogen-bond donors (Lipinski definition) is 2. The summed E-state index contributed by atoms with van der Waals surface area (Å²) in [5, 5.41) is 0.230. The summed E-state index contributed by atoms with van der Waals surface area (Å²) in [5.74, 6) is 0.951. The third-order valence-electron chi connectivity index (χ3n) is 5.74. The molecule has 7 nitrogen and oxygen atoms in total. The summed E-state index contributed by atoms with van der Waals surface area (Å²) in [6.45, 7) is 11.1. The van der Waals surface area contributed by atoms with Gasteiger partial charge in [-0.2, -0.15) is 0 Å². The van der Waals surface area contributed by atoms with Crippen LogP contribution in [0.25, 0.3) is 0 Å². The van der Waals surface area contributed by atoms with Crippen LogP contribution in [-0.4, -0.2) is 48.9 Å². The summed E-state index contributed by atoms with van der Waals surface area (Å²) >= 11 is 5.45. The lowest BCUT2D eigenvalue weighted by Gasteiger charge is -2.33. The highest BCUT2D eigenvalue weighted by Gasteiger charge is 2.27. The number of carbonyl (C=O) groups is 1. The Hall–Kier alpha value is -2.84. The Labute approximate surface area is 214 Å². The molecular formula is C27H39N3O4S. The number of esters is 1. The van der Waals surface area contributed by atoms with Crippen LogP contribution in [0.2, 0.25) is 0 Å². The normalized spacial score (nSPS) is 12.1. The molecule has 0 aromatic heterocycles. The largest absolute Gasteiger partial charge is 0.493 e. The molecular weight excluding hydrogens is 462 g/mol. The minimum atomic E-state index is -0.605. The molecule has 0 aliphatic heterocycles. The predicted octanol–water partition coefficient (Wildman–Crippen LogP) is 3.90. The Morgan fingerprint density at radius 2 is 1.74 bits per heavy atom. The molecule has 0 saturated heterocycles. The molecule has 0 bridgehead atoms. The second kappa shape index (κ2) is 12.7. The van der Waals surface area contributed by atoms with E-state index in [1.165, 1.54) is 11.1 Å². The van der Waals surface area contributed by atoms with Crippen molar-refractivity contribution in [2.75, 3.05) is 26.9 Å². The van der Waals surface area contributed by atoms with Crippen molar-refractivity contribution in [2.45, 2.75) is 53.6 Å². The van der Waals surface area contributed by atoms with Crippen LogP contribution in [0.1, 0.15) is 43.0 Å². The zero-order valence-corrected chi connectivity index (χ0v) is 22.5. The number of thiocarbonyl (C=S) groups is 1. The van der Waals surface area contributed by atoms with Crippen LogP contribution in [0.5, 0.6) is 11.5 Å². The maximum absolute atomic E-state index is 12.5. The second-order valence-corrected chi connectivity index (χ2v) is 10.1. The van der Waals surface area contributed by atoms with Crippen molar-refractivity contribution >= 4 is 23.3 Å². The van der Waals surface area contributed by atoms with E-state index in [-0.39, 0.29) is 23.7 Å². The summed E-state index contributed by atoms with van der Waals surface area (Å²) in [7, 11) is 1.59. The number of nitrogens with two attached hydrogens (primary N) is 2. The van der Waals surface area contributed by atoms with Crippen LogP contribution in [0.15, 0.2) is 36.4 Å².